The first kappa shape index (κ1) is 13.4. The Morgan fingerprint density at radius 3 is 2.90 bits per heavy atom. The number of nitrogens with zero attached hydrogens (tertiary/aromatic N) is 2. The molecule has 1 aliphatic heterocycles. The summed E-state index contributed by atoms with van der Waals surface area (Å²) >= 11 is 5.94. The topological polar surface area (TPSA) is 57.2 Å². The van der Waals surface area contributed by atoms with E-state index in [1.54, 1.807) is 28.0 Å². The van der Waals surface area contributed by atoms with E-state index >= 15 is 0 Å². The lowest BCUT2D eigenvalue weighted by atomic mass is 10.3. The fourth-order valence-electron chi connectivity index (χ4n) is 2.31. The van der Waals surface area contributed by atoms with E-state index in [2.05, 4.69) is 5.32 Å². The van der Waals surface area contributed by atoms with Crippen LogP contribution in [-0.2, 0) is 9.59 Å². The number of hydrogen-bond acceptors (Lipinski definition) is 2. The van der Waals surface area contributed by atoms with E-state index < -0.39 is 0 Å². The Balaban J connectivity index is 1.63. The van der Waals surface area contributed by atoms with Gasteiger partial charge in [0, 0.05) is 23.6 Å². The largest absolute Gasteiger partial charge is 0.336 e. The van der Waals surface area contributed by atoms with Crippen molar-refractivity contribution in [3.63, 3.8) is 0 Å². The zero-order valence-electron chi connectivity index (χ0n) is 11.1. The molecule has 1 aliphatic carbocycles. The molecular formula is C14H17ClN3O2+. The second kappa shape index (κ2) is 5.42. The standard InChI is InChI=1S/C14H16ClN3O2/c15-10-2-1-3-12(6-10)18-9-17(8-14(18)20)13(19)7-16-11-4-5-11/h1-3,6,11,16H,4-5,7-9H2/p+1. The van der Waals surface area contributed by atoms with E-state index in [9.17, 15) is 9.59 Å². The van der Waals surface area contributed by atoms with Gasteiger partial charge >= 0.3 is 0 Å². The maximum Gasteiger partial charge on any atom is 0.279 e. The molecule has 0 aromatic heterocycles. The van der Waals surface area contributed by atoms with E-state index in [-0.39, 0.29) is 18.4 Å². The zero-order valence-corrected chi connectivity index (χ0v) is 11.8. The number of rotatable bonds is 4. The SMILES string of the molecule is O=C(C[NH2+]C1CC1)N1CC(=O)N(c2cccc(Cl)c2)C1. The van der Waals surface area contributed by atoms with Gasteiger partial charge in [0.2, 0.25) is 5.91 Å². The van der Waals surface area contributed by atoms with Crippen LogP contribution >= 0.6 is 11.6 Å². The first-order chi connectivity index (χ1) is 9.63. The van der Waals surface area contributed by atoms with Gasteiger partial charge in [0.25, 0.3) is 5.91 Å². The van der Waals surface area contributed by atoms with Crippen LogP contribution in [0.3, 0.4) is 0 Å². The average molecular weight is 295 g/mol. The van der Waals surface area contributed by atoms with E-state index in [4.69, 9.17) is 11.6 Å². The van der Waals surface area contributed by atoms with Gasteiger partial charge in [0.05, 0.1) is 6.04 Å². The van der Waals surface area contributed by atoms with Crippen molar-refractivity contribution >= 4 is 29.1 Å². The van der Waals surface area contributed by atoms with Crippen molar-refractivity contribution in [3.05, 3.63) is 29.3 Å². The molecule has 0 spiro atoms. The van der Waals surface area contributed by atoms with Gasteiger partial charge in [-0.25, -0.2) is 0 Å². The number of quaternary nitrogens is 1. The first-order valence-corrected chi connectivity index (χ1v) is 7.18. The molecule has 1 saturated heterocycles. The molecular weight excluding hydrogens is 278 g/mol. The molecule has 1 heterocycles. The fraction of sp³-hybridized carbons (Fsp3) is 0.429. The number of hydrogen-bond donors (Lipinski definition) is 1. The Morgan fingerprint density at radius 1 is 1.40 bits per heavy atom. The quantitative estimate of drug-likeness (QED) is 0.862. The highest BCUT2D eigenvalue weighted by Crippen LogP contribution is 2.22. The van der Waals surface area contributed by atoms with Gasteiger partial charge in [-0.2, -0.15) is 0 Å². The summed E-state index contributed by atoms with van der Waals surface area (Å²) in [5, 5.41) is 2.65. The van der Waals surface area contributed by atoms with Gasteiger partial charge in [-0.3, -0.25) is 14.5 Å². The van der Waals surface area contributed by atoms with Crippen molar-refractivity contribution in [2.45, 2.75) is 18.9 Å². The maximum atomic E-state index is 12.1. The highest BCUT2D eigenvalue weighted by atomic mass is 35.5. The molecule has 2 N–H and O–H groups in total. The Hall–Kier alpha value is -1.59. The number of nitrogens with two attached hydrogens (primary N) is 1. The molecule has 0 radical (unpaired) electrons. The molecule has 6 heteroatoms. The van der Waals surface area contributed by atoms with Crippen LogP contribution in [0.4, 0.5) is 5.69 Å². The average Bonchev–Trinajstić information content (AvgIpc) is 3.17. The van der Waals surface area contributed by atoms with Crippen molar-refractivity contribution in [2.24, 2.45) is 0 Å². The second-order valence-electron chi connectivity index (χ2n) is 5.31. The van der Waals surface area contributed by atoms with Crippen molar-refractivity contribution in [2.75, 3.05) is 24.7 Å². The molecule has 5 nitrogen and oxygen atoms in total. The van der Waals surface area contributed by atoms with Gasteiger partial charge in [-0.05, 0) is 18.2 Å². The Kier molecular flexibility index (Phi) is 3.63. The summed E-state index contributed by atoms with van der Waals surface area (Å²) in [5.41, 5.74) is 0.740. The monoisotopic (exact) mass is 294 g/mol. The van der Waals surface area contributed by atoms with Gasteiger partial charge in [-0.1, -0.05) is 17.7 Å². The molecule has 3 rings (SSSR count). The number of anilines is 1. The smallest absolute Gasteiger partial charge is 0.279 e. The van der Waals surface area contributed by atoms with Crippen molar-refractivity contribution < 1.29 is 14.9 Å². The van der Waals surface area contributed by atoms with Crippen molar-refractivity contribution in [1.29, 1.82) is 0 Å². The zero-order chi connectivity index (χ0) is 14.1. The normalized spacial score (nSPS) is 18.8. The third kappa shape index (κ3) is 2.94. The number of carbonyl (C=O) groups excluding carboxylic acids is 2. The van der Waals surface area contributed by atoms with Crippen LogP contribution in [-0.4, -0.2) is 42.5 Å². The molecule has 0 bridgehead atoms. The van der Waals surface area contributed by atoms with E-state index in [1.807, 2.05) is 6.07 Å². The Labute approximate surface area is 122 Å². The summed E-state index contributed by atoms with van der Waals surface area (Å²) < 4.78 is 0. The molecule has 1 aromatic carbocycles. The second-order valence-corrected chi connectivity index (χ2v) is 5.75. The highest BCUT2D eigenvalue weighted by molar-refractivity contribution is 6.30. The molecule has 20 heavy (non-hydrogen) atoms. The van der Waals surface area contributed by atoms with Gasteiger partial charge in [0.15, 0.2) is 6.54 Å². The van der Waals surface area contributed by atoms with E-state index in [1.165, 1.54) is 12.8 Å². The number of halogens is 1. The number of carbonyl (C=O) groups is 2. The molecule has 0 unspecified atom stereocenters. The Bertz CT molecular complexity index is 545. The van der Waals surface area contributed by atoms with Gasteiger partial charge < -0.3 is 10.2 Å². The molecule has 106 valence electrons. The van der Waals surface area contributed by atoms with E-state index in [0.717, 1.165) is 5.69 Å². The van der Waals surface area contributed by atoms with Crippen LogP contribution in [0.5, 0.6) is 0 Å². The third-order valence-electron chi connectivity index (χ3n) is 3.66. The Morgan fingerprint density at radius 2 is 2.20 bits per heavy atom. The van der Waals surface area contributed by atoms with Gasteiger partial charge in [-0.15, -0.1) is 0 Å². The van der Waals surface area contributed by atoms with Crippen LogP contribution in [0.1, 0.15) is 12.8 Å². The minimum absolute atomic E-state index is 0.0229. The predicted octanol–water partition coefficient (Wildman–Crippen LogP) is 0.199. The van der Waals surface area contributed by atoms with Crippen LogP contribution in [0, 0.1) is 0 Å². The van der Waals surface area contributed by atoms with Crippen LogP contribution in [0.25, 0.3) is 0 Å². The summed E-state index contributed by atoms with van der Waals surface area (Å²) in [6.45, 7) is 0.904. The predicted molar refractivity (Wildman–Crippen MR) is 75.3 cm³/mol. The molecule has 1 aromatic rings. The van der Waals surface area contributed by atoms with Crippen molar-refractivity contribution in [1.82, 2.24) is 4.90 Å². The first-order valence-electron chi connectivity index (χ1n) is 6.80. The van der Waals surface area contributed by atoms with Crippen LogP contribution in [0.15, 0.2) is 24.3 Å². The molecule has 2 amide bonds. The lowest BCUT2D eigenvalue weighted by Gasteiger charge is -2.17. The molecule has 2 fully saturated rings. The highest BCUT2D eigenvalue weighted by Gasteiger charge is 2.33. The molecule has 0 atom stereocenters. The van der Waals surface area contributed by atoms with Gasteiger partial charge in [0.1, 0.15) is 13.2 Å². The van der Waals surface area contributed by atoms with E-state index in [0.29, 0.717) is 24.3 Å². The lowest BCUT2D eigenvalue weighted by Crippen LogP contribution is -2.88. The summed E-state index contributed by atoms with van der Waals surface area (Å²) in [4.78, 5) is 27.3. The molecule has 1 saturated carbocycles. The fourth-order valence-corrected chi connectivity index (χ4v) is 2.50. The minimum atomic E-state index is -0.0629. The summed E-state index contributed by atoms with van der Waals surface area (Å²) in [6.07, 6.45) is 2.39. The number of benzene rings is 1. The maximum absolute atomic E-state index is 12.1. The van der Waals surface area contributed by atoms with Crippen LogP contribution in [0.2, 0.25) is 5.02 Å². The minimum Gasteiger partial charge on any atom is -0.336 e. The summed E-state index contributed by atoms with van der Waals surface area (Å²) in [7, 11) is 0. The third-order valence-corrected chi connectivity index (χ3v) is 3.89. The molecule has 2 aliphatic rings. The summed E-state index contributed by atoms with van der Waals surface area (Å²) in [5.74, 6) is -0.0400. The summed E-state index contributed by atoms with van der Waals surface area (Å²) in [6, 6.07) is 7.74. The number of amides is 2. The lowest BCUT2D eigenvalue weighted by molar-refractivity contribution is -0.658. The van der Waals surface area contributed by atoms with Crippen molar-refractivity contribution in [3.8, 4) is 0 Å². The van der Waals surface area contributed by atoms with Crippen LogP contribution < -0.4 is 10.2 Å².